The summed E-state index contributed by atoms with van der Waals surface area (Å²) in [6.07, 6.45) is 1.90. The van der Waals surface area contributed by atoms with E-state index in [9.17, 15) is 4.79 Å². The van der Waals surface area contributed by atoms with Gasteiger partial charge in [-0.15, -0.1) is 0 Å². The summed E-state index contributed by atoms with van der Waals surface area (Å²) in [6, 6.07) is 8.88. The number of halogens is 1. The highest BCUT2D eigenvalue weighted by molar-refractivity contribution is 6.30. The van der Waals surface area contributed by atoms with Crippen molar-refractivity contribution in [1.29, 1.82) is 0 Å². The third-order valence-electron chi connectivity index (χ3n) is 2.05. The van der Waals surface area contributed by atoms with Crippen molar-refractivity contribution in [2.24, 2.45) is 0 Å². The fourth-order valence-electron chi connectivity index (χ4n) is 1.31. The number of aromatic nitrogens is 2. The van der Waals surface area contributed by atoms with E-state index in [0.717, 1.165) is 5.56 Å². The Labute approximate surface area is 97.6 Å². The van der Waals surface area contributed by atoms with Crippen LogP contribution in [0.3, 0.4) is 0 Å². The van der Waals surface area contributed by atoms with Gasteiger partial charge in [0, 0.05) is 11.1 Å². The van der Waals surface area contributed by atoms with Crippen molar-refractivity contribution in [2.45, 2.75) is 6.42 Å². The number of rotatable bonds is 3. The Balaban J connectivity index is 1.95. The van der Waals surface area contributed by atoms with Crippen LogP contribution in [-0.2, 0) is 11.2 Å². The van der Waals surface area contributed by atoms with E-state index in [4.69, 9.17) is 11.6 Å². The molecule has 1 amide bonds. The fourth-order valence-corrected chi connectivity index (χ4v) is 1.43. The molecule has 0 bridgehead atoms. The van der Waals surface area contributed by atoms with E-state index < -0.39 is 0 Å². The van der Waals surface area contributed by atoms with Gasteiger partial charge in [-0.2, -0.15) is 5.10 Å². The molecule has 0 aliphatic heterocycles. The van der Waals surface area contributed by atoms with Crippen LogP contribution in [0.4, 0.5) is 5.82 Å². The standard InChI is InChI=1S/C11H10ClN3O/c12-9-3-1-8(2-4-9)7-11(16)14-10-5-6-13-15-10/h1-6H,7H2,(H2,13,14,15,16). The van der Waals surface area contributed by atoms with Gasteiger partial charge >= 0.3 is 0 Å². The Morgan fingerprint density at radius 1 is 1.31 bits per heavy atom. The van der Waals surface area contributed by atoms with E-state index in [1.54, 1.807) is 24.4 Å². The second-order valence-corrected chi connectivity index (χ2v) is 3.76. The van der Waals surface area contributed by atoms with Crippen molar-refractivity contribution >= 4 is 23.3 Å². The van der Waals surface area contributed by atoms with Crippen molar-refractivity contribution in [1.82, 2.24) is 10.2 Å². The van der Waals surface area contributed by atoms with Crippen molar-refractivity contribution in [2.75, 3.05) is 5.32 Å². The van der Waals surface area contributed by atoms with E-state index in [2.05, 4.69) is 15.5 Å². The number of anilines is 1. The Morgan fingerprint density at radius 3 is 2.69 bits per heavy atom. The fraction of sp³-hybridized carbons (Fsp3) is 0.0909. The maximum absolute atomic E-state index is 11.6. The molecule has 1 aromatic carbocycles. The molecule has 2 N–H and O–H groups in total. The summed E-state index contributed by atoms with van der Waals surface area (Å²) in [5, 5.41) is 9.76. The van der Waals surface area contributed by atoms with Crippen molar-refractivity contribution in [3.63, 3.8) is 0 Å². The highest BCUT2D eigenvalue weighted by Crippen LogP contribution is 2.10. The van der Waals surface area contributed by atoms with Gasteiger partial charge in [0.25, 0.3) is 0 Å². The first kappa shape index (κ1) is 10.7. The first-order chi connectivity index (χ1) is 7.74. The number of aromatic amines is 1. The molecule has 82 valence electrons. The number of nitrogens with one attached hydrogen (secondary N) is 2. The second kappa shape index (κ2) is 4.81. The van der Waals surface area contributed by atoms with Crippen LogP contribution in [0, 0.1) is 0 Å². The van der Waals surface area contributed by atoms with Gasteiger partial charge < -0.3 is 5.32 Å². The molecule has 1 heterocycles. The van der Waals surface area contributed by atoms with Crippen molar-refractivity contribution in [3.8, 4) is 0 Å². The molecule has 4 nitrogen and oxygen atoms in total. The maximum Gasteiger partial charge on any atom is 0.229 e. The predicted octanol–water partition coefficient (Wildman–Crippen LogP) is 2.24. The average Bonchev–Trinajstić information content (AvgIpc) is 2.74. The van der Waals surface area contributed by atoms with Crippen LogP contribution >= 0.6 is 11.6 Å². The lowest BCUT2D eigenvalue weighted by atomic mass is 10.1. The Hall–Kier alpha value is -1.81. The van der Waals surface area contributed by atoms with Crippen LogP contribution in [0.1, 0.15) is 5.56 Å². The lowest BCUT2D eigenvalue weighted by molar-refractivity contribution is -0.115. The van der Waals surface area contributed by atoms with E-state index in [-0.39, 0.29) is 5.91 Å². The summed E-state index contributed by atoms with van der Waals surface area (Å²) < 4.78 is 0. The molecule has 0 aliphatic rings. The monoisotopic (exact) mass is 235 g/mol. The third-order valence-corrected chi connectivity index (χ3v) is 2.30. The van der Waals surface area contributed by atoms with Gasteiger partial charge in [-0.25, -0.2) is 0 Å². The molecule has 2 rings (SSSR count). The summed E-state index contributed by atoms with van der Waals surface area (Å²) in [6.45, 7) is 0. The van der Waals surface area contributed by atoms with E-state index in [0.29, 0.717) is 17.3 Å². The minimum Gasteiger partial charge on any atom is -0.311 e. The molecule has 0 spiro atoms. The van der Waals surface area contributed by atoms with Gasteiger partial charge in [0.05, 0.1) is 12.6 Å². The lowest BCUT2D eigenvalue weighted by Gasteiger charge is -2.02. The quantitative estimate of drug-likeness (QED) is 0.857. The van der Waals surface area contributed by atoms with Gasteiger partial charge in [-0.1, -0.05) is 23.7 Å². The zero-order valence-electron chi connectivity index (χ0n) is 8.40. The topological polar surface area (TPSA) is 57.8 Å². The number of benzene rings is 1. The number of amides is 1. The normalized spacial score (nSPS) is 10.1. The molecule has 0 unspecified atom stereocenters. The van der Waals surface area contributed by atoms with Crippen LogP contribution in [0.25, 0.3) is 0 Å². The highest BCUT2D eigenvalue weighted by Gasteiger charge is 2.04. The van der Waals surface area contributed by atoms with Crippen molar-refractivity contribution in [3.05, 3.63) is 47.1 Å². The summed E-state index contributed by atoms with van der Waals surface area (Å²) in [5.41, 5.74) is 0.918. The third kappa shape index (κ3) is 2.84. The SMILES string of the molecule is O=C(Cc1ccc(Cl)cc1)Nc1ccn[nH]1. The van der Waals surface area contributed by atoms with Crippen LogP contribution in [0.15, 0.2) is 36.5 Å². The minimum absolute atomic E-state index is 0.0911. The first-order valence-corrected chi connectivity index (χ1v) is 5.15. The number of H-pyrrole nitrogens is 1. The molecule has 1 aromatic heterocycles. The molecule has 0 fully saturated rings. The maximum atomic E-state index is 11.6. The zero-order chi connectivity index (χ0) is 11.4. The van der Waals surface area contributed by atoms with Gasteiger partial charge in [0.15, 0.2) is 0 Å². The summed E-state index contributed by atoms with van der Waals surface area (Å²) in [5.74, 6) is 0.505. The molecule has 0 atom stereocenters. The van der Waals surface area contributed by atoms with Gasteiger partial charge in [-0.05, 0) is 17.7 Å². The first-order valence-electron chi connectivity index (χ1n) is 4.78. The summed E-state index contributed by atoms with van der Waals surface area (Å²) >= 11 is 5.75. The average molecular weight is 236 g/mol. The second-order valence-electron chi connectivity index (χ2n) is 3.32. The number of carbonyl (C=O) groups is 1. The molecule has 0 aliphatic carbocycles. The van der Waals surface area contributed by atoms with Crippen molar-refractivity contribution < 1.29 is 4.79 Å². The molecule has 0 saturated carbocycles. The number of carbonyl (C=O) groups excluding carboxylic acids is 1. The Kier molecular flexibility index (Phi) is 3.22. The van der Waals surface area contributed by atoms with Crippen LogP contribution in [0.2, 0.25) is 5.02 Å². The predicted molar refractivity (Wildman–Crippen MR) is 62.4 cm³/mol. The van der Waals surface area contributed by atoms with E-state index in [1.807, 2.05) is 12.1 Å². The lowest BCUT2D eigenvalue weighted by Crippen LogP contribution is -2.14. The summed E-state index contributed by atoms with van der Waals surface area (Å²) in [4.78, 5) is 11.6. The molecular weight excluding hydrogens is 226 g/mol. The van der Waals surface area contributed by atoms with Gasteiger partial charge in [0.2, 0.25) is 5.91 Å². The van der Waals surface area contributed by atoms with Crippen LogP contribution in [0.5, 0.6) is 0 Å². The molecule has 0 radical (unpaired) electrons. The Bertz CT molecular complexity index is 464. The number of nitrogens with zero attached hydrogens (tertiary/aromatic N) is 1. The van der Waals surface area contributed by atoms with Gasteiger partial charge in [0.1, 0.15) is 5.82 Å². The van der Waals surface area contributed by atoms with E-state index in [1.165, 1.54) is 0 Å². The molecule has 16 heavy (non-hydrogen) atoms. The molecule has 5 heteroatoms. The molecular formula is C11H10ClN3O. The van der Waals surface area contributed by atoms with Gasteiger partial charge in [-0.3, -0.25) is 9.89 Å². The highest BCUT2D eigenvalue weighted by atomic mass is 35.5. The minimum atomic E-state index is -0.0911. The Morgan fingerprint density at radius 2 is 2.06 bits per heavy atom. The number of hydrogen-bond donors (Lipinski definition) is 2. The van der Waals surface area contributed by atoms with Crippen LogP contribution in [-0.4, -0.2) is 16.1 Å². The molecule has 2 aromatic rings. The molecule has 0 saturated heterocycles. The van der Waals surface area contributed by atoms with E-state index >= 15 is 0 Å². The number of hydrogen-bond acceptors (Lipinski definition) is 2. The smallest absolute Gasteiger partial charge is 0.229 e. The zero-order valence-corrected chi connectivity index (χ0v) is 9.16. The van der Waals surface area contributed by atoms with Crippen LogP contribution < -0.4 is 5.32 Å². The largest absolute Gasteiger partial charge is 0.311 e. The summed E-state index contributed by atoms with van der Waals surface area (Å²) in [7, 11) is 0.